The molecule has 0 aliphatic carbocycles. The molecule has 4 nitrogen and oxygen atoms in total. The Hall–Kier alpha value is -0.610. The highest BCUT2D eigenvalue weighted by Crippen LogP contribution is 2.16. The summed E-state index contributed by atoms with van der Waals surface area (Å²) in [5, 5.41) is 3.14. The minimum absolute atomic E-state index is 0.167. The van der Waals surface area contributed by atoms with Crippen LogP contribution in [0, 0.1) is 0 Å². The predicted molar refractivity (Wildman–Crippen MR) is 59.7 cm³/mol. The molecule has 0 spiro atoms. The fraction of sp³-hybridized carbons (Fsp3) is 0.909. The molecule has 0 atom stereocenters. The minimum Gasteiger partial charge on any atom is -0.372 e. The van der Waals surface area contributed by atoms with Crippen LogP contribution in [0.3, 0.4) is 0 Å². The van der Waals surface area contributed by atoms with Gasteiger partial charge in [-0.1, -0.05) is 13.8 Å². The molecule has 1 amide bonds. The summed E-state index contributed by atoms with van der Waals surface area (Å²) in [7, 11) is 0. The molecule has 1 rings (SSSR count). The Morgan fingerprint density at radius 3 is 2.73 bits per heavy atom. The second-order valence-electron chi connectivity index (χ2n) is 4.96. The van der Waals surface area contributed by atoms with Gasteiger partial charge in [-0.2, -0.15) is 0 Å². The van der Waals surface area contributed by atoms with Gasteiger partial charge in [0.1, 0.15) is 0 Å². The van der Waals surface area contributed by atoms with Gasteiger partial charge < -0.3 is 15.0 Å². The highest BCUT2D eigenvalue weighted by molar-refractivity contribution is 5.78. The fourth-order valence-electron chi connectivity index (χ4n) is 1.63. The van der Waals surface area contributed by atoms with Crippen molar-refractivity contribution in [2.24, 2.45) is 0 Å². The number of hydrogen-bond donors (Lipinski definition) is 1. The largest absolute Gasteiger partial charge is 0.372 e. The van der Waals surface area contributed by atoms with Gasteiger partial charge in [0.2, 0.25) is 5.91 Å². The van der Waals surface area contributed by atoms with Crippen LogP contribution in [-0.2, 0) is 9.53 Å². The maximum atomic E-state index is 11.8. The van der Waals surface area contributed by atoms with Crippen LogP contribution in [0.15, 0.2) is 0 Å². The standard InChI is InChI=1S/C11H22N2O2/c1-9(2)12-7-10(14)13-5-6-15-11(3,4)8-13/h9,12H,5-8H2,1-4H3. The van der Waals surface area contributed by atoms with Crippen LogP contribution in [0.25, 0.3) is 0 Å². The van der Waals surface area contributed by atoms with Crippen molar-refractivity contribution in [3.8, 4) is 0 Å². The van der Waals surface area contributed by atoms with Gasteiger partial charge >= 0.3 is 0 Å². The van der Waals surface area contributed by atoms with Crippen LogP contribution in [0.1, 0.15) is 27.7 Å². The van der Waals surface area contributed by atoms with Crippen LogP contribution in [0.5, 0.6) is 0 Å². The third kappa shape index (κ3) is 4.18. The molecule has 15 heavy (non-hydrogen) atoms. The molecule has 88 valence electrons. The van der Waals surface area contributed by atoms with E-state index in [9.17, 15) is 4.79 Å². The first kappa shape index (κ1) is 12.5. The van der Waals surface area contributed by atoms with Gasteiger partial charge in [-0.15, -0.1) is 0 Å². The van der Waals surface area contributed by atoms with E-state index >= 15 is 0 Å². The van der Waals surface area contributed by atoms with Crippen LogP contribution in [0.4, 0.5) is 0 Å². The van der Waals surface area contributed by atoms with E-state index < -0.39 is 0 Å². The SMILES string of the molecule is CC(C)NCC(=O)N1CCOC(C)(C)C1. The predicted octanol–water partition coefficient (Wildman–Crippen LogP) is 0.622. The van der Waals surface area contributed by atoms with E-state index in [0.29, 0.717) is 32.3 Å². The van der Waals surface area contributed by atoms with Gasteiger partial charge in [0.25, 0.3) is 0 Å². The summed E-state index contributed by atoms with van der Waals surface area (Å²) in [6, 6.07) is 0.350. The number of nitrogens with zero attached hydrogens (tertiary/aromatic N) is 1. The van der Waals surface area contributed by atoms with E-state index in [1.807, 2.05) is 32.6 Å². The van der Waals surface area contributed by atoms with Gasteiger partial charge in [-0.05, 0) is 13.8 Å². The molecule has 1 saturated heterocycles. The van der Waals surface area contributed by atoms with Crippen molar-refractivity contribution in [1.82, 2.24) is 10.2 Å². The quantitative estimate of drug-likeness (QED) is 0.749. The molecular formula is C11H22N2O2. The number of morpholine rings is 1. The van der Waals surface area contributed by atoms with E-state index in [2.05, 4.69) is 5.32 Å². The normalized spacial score (nSPS) is 20.7. The Morgan fingerprint density at radius 2 is 2.20 bits per heavy atom. The third-order valence-electron chi connectivity index (χ3n) is 2.44. The summed E-state index contributed by atoms with van der Waals surface area (Å²) in [4.78, 5) is 13.7. The molecule has 1 aliphatic rings. The summed E-state index contributed by atoms with van der Waals surface area (Å²) >= 11 is 0. The lowest BCUT2D eigenvalue weighted by molar-refractivity contribution is -0.145. The van der Waals surface area contributed by atoms with Crippen LogP contribution in [0.2, 0.25) is 0 Å². The molecule has 0 aromatic heterocycles. The van der Waals surface area contributed by atoms with Crippen LogP contribution >= 0.6 is 0 Å². The Labute approximate surface area is 92.0 Å². The van der Waals surface area contributed by atoms with Crippen molar-refractivity contribution >= 4 is 5.91 Å². The molecule has 0 saturated carbocycles. The van der Waals surface area contributed by atoms with E-state index in [-0.39, 0.29) is 11.5 Å². The Morgan fingerprint density at radius 1 is 1.53 bits per heavy atom. The fourth-order valence-corrected chi connectivity index (χ4v) is 1.63. The maximum Gasteiger partial charge on any atom is 0.236 e. The monoisotopic (exact) mass is 214 g/mol. The molecule has 1 aliphatic heterocycles. The summed E-state index contributed by atoms with van der Waals surface area (Å²) in [5.41, 5.74) is -0.203. The number of carbonyl (C=O) groups is 1. The van der Waals surface area contributed by atoms with Crippen molar-refractivity contribution in [1.29, 1.82) is 0 Å². The molecule has 1 fully saturated rings. The van der Waals surface area contributed by atoms with Crippen molar-refractivity contribution < 1.29 is 9.53 Å². The van der Waals surface area contributed by atoms with Gasteiger partial charge in [-0.3, -0.25) is 4.79 Å². The van der Waals surface area contributed by atoms with Crippen molar-refractivity contribution in [3.05, 3.63) is 0 Å². The maximum absolute atomic E-state index is 11.8. The summed E-state index contributed by atoms with van der Waals surface area (Å²) in [6.45, 7) is 10.6. The molecule has 0 aromatic carbocycles. The topological polar surface area (TPSA) is 41.6 Å². The smallest absolute Gasteiger partial charge is 0.236 e. The molecule has 4 heteroatoms. The Bertz CT molecular complexity index is 227. The van der Waals surface area contributed by atoms with Crippen molar-refractivity contribution in [2.45, 2.75) is 39.3 Å². The van der Waals surface area contributed by atoms with Gasteiger partial charge in [-0.25, -0.2) is 0 Å². The lowest BCUT2D eigenvalue weighted by Crippen LogP contribution is -2.52. The second-order valence-corrected chi connectivity index (χ2v) is 4.96. The average Bonchev–Trinajstić information content (AvgIpc) is 2.12. The Balaban J connectivity index is 2.39. The summed E-state index contributed by atoms with van der Waals surface area (Å²) in [6.07, 6.45) is 0. The highest BCUT2D eigenvalue weighted by Gasteiger charge is 2.29. The van der Waals surface area contributed by atoms with Gasteiger partial charge in [0, 0.05) is 19.1 Å². The second kappa shape index (κ2) is 4.94. The number of amides is 1. The number of carbonyl (C=O) groups excluding carboxylic acids is 1. The number of rotatable bonds is 3. The van der Waals surface area contributed by atoms with E-state index in [0.717, 1.165) is 0 Å². The van der Waals surface area contributed by atoms with Crippen molar-refractivity contribution in [2.75, 3.05) is 26.2 Å². The number of hydrogen-bond acceptors (Lipinski definition) is 3. The molecule has 1 N–H and O–H groups in total. The first-order valence-electron chi connectivity index (χ1n) is 5.56. The van der Waals surface area contributed by atoms with E-state index in [4.69, 9.17) is 4.74 Å². The zero-order valence-corrected chi connectivity index (χ0v) is 10.2. The summed E-state index contributed by atoms with van der Waals surface area (Å²) < 4.78 is 5.56. The minimum atomic E-state index is -0.203. The first-order valence-corrected chi connectivity index (χ1v) is 5.56. The zero-order valence-electron chi connectivity index (χ0n) is 10.2. The summed E-state index contributed by atoms with van der Waals surface area (Å²) in [5.74, 6) is 0.167. The van der Waals surface area contributed by atoms with Crippen LogP contribution < -0.4 is 5.32 Å². The van der Waals surface area contributed by atoms with Crippen LogP contribution in [-0.4, -0.2) is 48.7 Å². The Kier molecular flexibility index (Phi) is 4.11. The molecule has 0 aromatic rings. The molecular weight excluding hydrogens is 192 g/mol. The number of ether oxygens (including phenoxy) is 1. The lowest BCUT2D eigenvalue weighted by Gasteiger charge is -2.38. The van der Waals surface area contributed by atoms with E-state index in [1.165, 1.54) is 0 Å². The van der Waals surface area contributed by atoms with Gasteiger partial charge in [0.05, 0.1) is 18.8 Å². The molecule has 0 unspecified atom stereocenters. The number of nitrogens with one attached hydrogen (secondary N) is 1. The van der Waals surface area contributed by atoms with Gasteiger partial charge in [0.15, 0.2) is 0 Å². The first-order chi connectivity index (χ1) is 6.91. The zero-order chi connectivity index (χ0) is 11.5. The molecule has 0 bridgehead atoms. The van der Waals surface area contributed by atoms with E-state index in [1.54, 1.807) is 0 Å². The molecule has 0 radical (unpaired) electrons. The highest BCUT2D eigenvalue weighted by atomic mass is 16.5. The average molecular weight is 214 g/mol. The third-order valence-corrected chi connectivity index (χ3v) is 2.44. The molecule has 1 heterocycles. The lowest BCUT2D eigenvalue weighted by atomic mass is 10.1. The van der Waals surface area contributed by atoms with Crippen molar-refractivity contribution in [3.63, 3.8) is 0 Å².